The van der Waals surface area contributed by atoms with Crippen LogP contribution in [0.2, 0.25) is 0 Å². The number of pyridine rings is 1. The number of nitrogens with zero attached hydrogens (tertiary/aromatic N) is 2. The number of hydrogen-bond donors (Lipinski definition) is 2. The molecule has 18 heavy (non-hydrogen) atoms. The van der Waals surface area contributed by atoms with Crippen LogP contribution in [0.3, 0.4) is 0 Å². The summed E-state index contributed by atoms with van der Waals surface area (Å²) in [5, 5.41) is 22.4. The van der Waals surface area contributed by atoms with Crippen LogP contribution in [0, 0.1) is 10.1 Å². The van der Waals surface area contributed by atoms with E-state index in [1.807, 2.05) is 0 Å². The van der Waals surface area contributed by atoms with Gasteiger partial charge in [0.1, 0.15) is 0 Å². The molecule has 2 N–H and O–H groups in total. The maximum absolute atomic E-state index is 10.8. The standard InChI is InChI=1S/C10H11N3O5/c14-10(15)6-3-8(13(16)17)9(11-4-6)12-5-7-1-2-18-7/h3-4,7H,1-2,5H2,(H,11,12)(H,14,15). The molecule has 2 heterocycles. The third-order valence-corrected chi connectivity index (χ3v) is 2.60. The predicted molar refractivity (Wildman–Crippen MR) is 60.7 cm³/mol. The van der Waals surface area contributed by atoms with Crippen LogP contribution in [-0.4, -0.2) is 40.2 Å². The largest absolute Gasteiger partial charge is 0.478 e. The van der Waals surface area contributed by atoms with E-state index in [1.54, 1.807) is 0 Å². The predicted octanol–water partition coefficient (Wildman–Crippen LogP) is 0.889. The molecule has 1 aliphatic rings. The second kappa shape index (κ2) is 4.96. The minimum atomic E-state index is -1.25. The SMILES string of the molecule is O=C(O)c1cnc(NCC2CCO2)c([N+](=O)[O-])c1. The summed E-state index contributed by atoms with van der Waals surface area (Å²) in [6.07, 6.45) is 2.01. The molecule has 2 rings (SSSR count). The van der Waals surface area contributed by atoms with Gasteiger partial charge in [0, 0.05) is 25.4 Å². The fourth-order valence-electron chi connectivity index (χ4n) is 1.50. The van der Waals surface area contributed by atoms with Crippen LogP contribution >= 0.6 is 0 Å². The Hall–Kier alpha value is -2.22. The molecular formula is C10H11N3O5. The van der Waals surface area contributed by atoms with Crippen molar-refractivity contribution in [1.29, 1.82) is 0 Å². The summed E-state index contributed by atoms with van der Waals surface area (Å²) >= 11 is 0. The molecule has 8 nitrogen and oxygen atoms in total. The molecule has 1 aliphatic heterocycles. The van der Waals surface area contributed by atoms with Crippen LogP contribution in [0.1, 0.15) is 16.8 Å². The molecule has 0 aromatic carbocycles. The van der Waals surface area contributed by atoms with E-state index in [2.05, 4.69) is 10.3 Å². The molecule has 0 radical (unpaired) electrons. The van der Waals surface area contributed by atoms with Crippen molar-refractivity contribution >= 4 is 17.5 Å². The molecule has 0 saturated carbocycles. The summed E-state index contributed by atoms with van der Waals surface area (Å²) < 4.78 is 5.16. The summed E-state index contributed by atoms with van der Waals surface area (Å²) in [5.74, 6) is -1.19. The molecule has 1 aromatic rings. The Balaban J connectivity index is 2.16. The van der Waals surface area contributed by atoms with E-state index in [4.69, 9.17) is 9.84 Å². The van der Waals surface area contributed by atoms with Gasteiger partial charge in [-0.2, -0.15) is 0 Å². The van der Waals surface area contributed by atoms with Gasteiger partial charge in [0.15, 0.2) is 0 Å². The fraction of sp³-hybridized carbons (Fsp3) is 0.400. The van der Waals surface area contributed by atoms with Gasteiger partial charge in [0.05, 0.1) is 16.6 Å². The fourth-order valence-corrected chi connectivity index (χ4v) is 1.50. The first kappa shape index (κ1) is 12.2. The molecule has 1 aromatic heterocycles. The van der Waals surface area contributed by atoms with Crippen molar-refractivity contribution in [2.75, 3.05) is 18.5 Å². The van der Waals surface area contributed by atoms with Gasteiger partial charge in [-0.05, 0) is 6.42 Å². The Morgan fingerprint density at radius 3 is 2.94 bits per heavy atom. The van der Waals surface area contributed by atoms with E-state index in [9.17, 15) is 14.9 Å². The summed E-state index contributed by atoms with van der Waals surface area (Å²) in [5.41, 5.74) is -0.568. The van der Waals surface area contributed by atoms with E-state index in [0.717, 1.165) is 18.7 Å². The zero-order chi connectivity index (χ0) is 13.1. The van der Waals surface area contributed by atoms with E-state index in [-0.39, 0.29) is 23.2 Å². The molecule has 1 saturated heterocycles. The maximum Gasteiger partial charge on any atom is 0.337 e. The zero-order valence-corrected chi connectivity index (χ0v) is 9.33. The first-order chi connectivity index (χ1) is 8.58. The quantitative estimate of drug-likeness (QED) is 0.591. The van der Waals surface area contributed by atoms with Crippen LogP contribution in [-0.2, 0) is 4.74 Å². The first-order valence-corrected chi connectivity index (χ1v) is 5.31. The normalized spacial score (nSPS) is 17.9. The highest BCUT2D eigenvalue weighted by molar-refractivity contribution is 5.88. The number of nitrogens with one attached hydrogen (secondary N) is 1. The van der Waals surface area contributed by atoms with Crippen molar-refractivity contribution in [3.05, 3.63) is 27.9 Å². The van der Waals surface area contributed by atoms with Crippen LogP contribution in [0.5, 0.6) is 0 Å². The van der Waals surface area contributed by atoms with Gasteiger partial charge in [-0.3, -0.25) is 10.1 Å². The zero-order valence-electron chi connectivity index (χ0n) is 9.33. The molecule has 8 heteroatoms. The number of ether oxygens (including phenoxy) is 1. The topological polar surface area (TPSA) is 115 Å². The molecule has 1 fully saturated rings. The van der Waals surface area contributed by atoms with Crippen molar-refractivity contribution in [1.82, 2.24) is 4.98 Å². The molecule has 1 unspecified atom stereocenters. The lowest BCUT2D eigenvalue weighted by Crippen LogP contribution is -2.33. The highest BCUT2D eigenvalue weighted by Gasteiger charge is 2.22. The molecular weight excluding hydrogens is 242 g/mol. The van der Waals surface area contributed by atoms with Crippen LogP contribution < -0.4 is 5.32 Å². The first-order valence-electron chi connectivity index (χ1n) is 5.31. The Morgan fingerprint density at radius 2 is 2.44 bits per heavy atom. The lowest BCUT2D eigenvalue weighted by Gasteiger charge is -2.26. The maximum atomic E-state index is 10.8. The lowest BCUT2D eigenvalue weighted by atomic mass is 10.2. The summed E-state index contributed by atoms with van der Waals surface area (Å²) in [6.45, 7) is 1.11. The van der Waals surface area contributed by atoms with Gasteiger partial charge in [-0.25, -0.2) is 9.78 Å². The summed E-state index contributed by atoms with van der Waals surface area (Å²) in [7, 11) is 0. The van der Waals surface area contributed by atoms with Crippen molar-refractivity contribution in [3.8, 4) is 0 Å². The number of rotatable bonds is 5. The Labute approximate surface area is 102 Å². The third-order valence-electron chi connectivity index (χ3n) is 2.60. The van der Waals surface area contributed by atoms with Gasteiger partial charge >= 0.3 is 11.7 Å². The molecule has 0 bridgehead atoms. The van der Waals surface area contributed by atoms with Crippen LogP contribution in [0.4, 0.5) is 11.5 Å². The highest BCUT2D eigenvalue weighted by Crippen LogP contribution is 2.23. The lowest BCUT2D eigenvalue weighted by molar-refractivity contribution is -0.384. The minimum absolute atomic E-state index is 0.0329. The van der Waals surface area contributed by atoms with Crippen LogP contribution in [0.15, 0.2) is 12.3 Å². The number of carbonyl (C=O) groups is 1. The Morgan fingerprint density at radius 1 is 1.72 bits per heavy atom. The second-order valence-electron chi connectivity index (χ2n) is 3.82. The number of nitro groups is 1. The average molecular weight is 253 g/mol. The van der Waals surface area contributed by atoms with Gasteiger partial charge < -0.3 is 15.2 Å². The number of carboxylic acid groups (broad SMARTS) is 1. The molecule has 0 spiro atoms. The van der Waals surface area contributed by atoms with E-state index < -0.39 is 10.9 Å². The second-order valence-corrected chi connectivity index (χ2v) is 3.82. The molecule has 1 atom stereocenters. The van der Waals surface area contributed by atoms with Crippen LogP contribution in [0.25, 0.3) is 0 Å². The van der Waals surface area contributed by atoms with E-state index >= 15 is 0 Å². The van der Waals surface area contributed by atoms with Gasteiger partial charge in [-0.1, -0.05) is 0 Å². The number of carboxylic acids is 1. The smallest absolute Gasteiger partial charge is 0.337 e. The van der Waals surface area contributed by atoms with Crippen molar-refractivity contribution < 1.29 is 19.6 Å². The average Bonchev–Trinajstić information content (AvgIpc) is 2.26. The highest BCUT2D eigenvalue weighted by atomic mass is 16.6. The molecule has 0 amide bonds. The van der Waals surface area contributed by atoms with Crippen molar-refractivity contribution in [2.45, 2.75) is 12.5 Å². The number of hydrogen-bond acceptors (Lipinski definition) is 6. The van der Waals surface area contributed by atoms with Gasteiger partial charge in [-0.15, -0.1) is 0 Å². The van der Waals surface area contributed by atoms with Crippen molar-refractivity contribution in [3.63, 3.8) is 0 Å². The van der Waals surface area contributed by atoms with E-state index in [1.165, 1.54) is 0 Å². The number of anilines is 1. The minimum Gasteiger partial charge on any atom is -0.478 e. The monoisotopic (exact) mass is 253 g/mol. The summed E-state index contributed by atoms with van der Waals surface area (Å²) in [4.78, 5) is 24.6. The van der Waals surface area contributed by atoms with E-state index in [0.29, 0.717) is 13.2 Å². The van der Waals surface area contributed by atoms with Gasteiger partial charge in [0.25, 0.3) is 0 Å². The van der Waals surface area contributed by atoms with Crippen molar-refractivity contribution in [2.24, 2.45) is 0 Å². The third kappa shape index (κ3) is 2.54. The number of aromatic carboxylic acids is 1. The summed E-state index contributed by atoms with van der Waals surface area (Å²) in [6, 6.07) is 0.985. The van der Waals surface area contributed by atoms with Gasteiger partial charge in [0.2, 0.25) is 5.82 Å². The number of aromatic nitrogens is 1. The molecule has 96 valence electrons. The Bertz CT molecular complexity index is 486. The Kier molecular flexibility index (Phi) is 3.38. The molecule has 0 aliphatic carbocycles.